The molecular weight excluding hydrogens is 289 g/mol. The van der Waals surface area contributed by atoms with E-state index in [0.29, 0.717) is 17.7 Å². The molecule has 0 N–H and O–H groups in total. The van der Waals surface area contributed by atoms with E-state index in [1.807, 2.05) is 44.0 Å². The Morgan fingerprint density at radius 2 is 2.09 bits per heavy atom. The number of hydrogen-bond donors (Lipinski definition) is 0. The molecule has 0 amide bonds. The van der Waals surface area contributed by atoms with Gasteiger partial charge in [-0.25, -0.2) is 9.38 Å². The standard InChI is InChI=1S/C19H20FN3/c1-4-23(3)13-22-19-11-18(20)10-17(14(19)2)9-15-6-5-7-16(8-15)12-21/h5-8,10-11,13H,4,9H2,1-3H3/b22-13-. The number of hydrogen-bond acceptors (Lipinski definition) is 2. The summed E-state index contributed by atoms with van der Waals surface area (Å²) in [6, 6.07) is 12.5. The van der Waals surface area contributed by atoms with Crippen molar-refractivity contribution in [2.75, 3.05) is 13.6 Å². The zero-order valence-corrected chi connectivity index (χ0v) is 13.7. The molecule has 0 saturated carbocycles. The molecule has 0 atom stereocenters. The molecule has 118 valence electrons. The van der Waals surface area contributed by atoms with Gasteiger partial charge in [-0.05, 0) is 61.2 Å². The van der Waals surface area contributed by atoms with Gasteiger partial charge in [-0.2, -0.15) is 5.26 Å². The summed E-state index contributed by atoms with van der Waals surface area (Å²) >= 11 is 0. The molecule has 0 bridgehead atoms. The van der Waals surface area contributed by atoms with Gasteiger partial charge in [0, 0.05) is 13.6 Å². The zero-order chi connectivity index (χ0) is 16.8. The van der Waals surface area contributed by atoms with E-state index in [4.69, 9.17) is 5.26 Å². The Balaban J connectivity index is 2.34. The van der Waals surface area contributed by atoms with E-state index in [-0.39, 0.29) is 5.82 Å². The van der Waals surface area contributed by atoms with Crippen LogP contribution >= 0.6 is 0 Å². The molecule has 0 saturated heterocycles. The third kappa shape index (κ3) is 4.40. The second-order valence-electron chi connectivity index (χ2n) is 5.52. The highest BCUT2D eigenvalue weighted by molar-refractivity contribution is 5.64. The summed E-state index contributed by atoms with van der Waals surface area (Å²) < 4.78 is 13.9. The predicted molar refractivity (Wildman–Crippen MR) is 91.6 cm³/mol. The van der Waals surface area contributed by atoms with Gasteiger partial charge in [0.1, 0.15) is 5.82 Å². The first-order valence-corrected chi connectivity index (χ1v) is 7.56. The first-order valence-electron chi connectivity index (χ1n) is 7.56. The molecule has 0 aliphatic heterocycles. The van der Waals surface area contributed by atoms with Gasteiger partial charge in [-0.3, -0.25) is 0 Å². The van der Waals surface area contributed by atoms with Crippen molar-refractivity contribution in [3.05, 3.63) is 64.5 Å². The summed E-state index contributed by atoms with van der Waals surface area (Å²) in [6.45, 7) is 4.81. The molecule has 0 radical (unpaired) electrons. The van der Waals surface area contributed by atoms with E-state index in [1.165, 1.54) is 12.1 Å². The lowest BCUT2D eigenvalue weighted by atomic mass is 9.98. The molecule has 2 aromatic carbocycles. The Labute approximate surface area is 136 Å². The van der Waals surface area contributed by atoms with Crippen LogP contribution < -0.4 is 0 Å². The van der Waals surface area contributed by atoms with E-state index < -0.39 is 0 Å². The number of halogens is 1. The summed E-state index contributed by atoms with van der Waals surface area (Å²) in [5.41, 5.74) is 4.07. The zero-order valence-electron chi connectivity index (χ0n) is 13.7. The lowest BCUT2D eigenvalue weighted by molar-refractivity contribution is 0.552. The minimum atomic E-state index is -0.298. The number of rotatable bonds is 5. The average Bonchev–Trinajstić information content (AvgIpc) is 2.56. The maximum absolute atomic E-state index is 13.9. The highest BCUT2D eigenvalue weighted by atomic mass is 19.1. The van der Waals surface area contributed by atoms with E-state index in [0.717, 1.165) is 23.2 Å². The van der Waals surface area contributed by atoms with E-state index in [1.54, 1.807) is 12.4 Å². The third-order valence-electron chi connectivity index (χ3n) is 3.80. The van der Waals surface area contributed by atoms with Crippen LogP contribution in [0.3, 0.4) is 0 Å². The van der Waals surface area contributed by atoms with Crippen LogP contribution in [0.15, 0.2) is 41.4 Å². The van der Waals surface area contributed by atoms with Gasteiger partial charge < -0.3 is 4.90 Å². The second-order valence-corrected chi connectivity index (χ2v) is 5.52. The van der Waals surface area contributed by atoms with Gasteiger partial charge >= 0.3 is 0 Å². The molecule has 0 aliphatic rings. The van der Waals surface area contributed by atoms with Gasteiger partial charge in [-0.1, -0.05) is 12.1 Å². The molecule has 23 heavy (non-hydrogen) atoms. The van der Waals surface area contributed by atoms with Crippen molar-refractivity contribution in [2.24, 2.45) is 4.99 Å². The lowest BCUT2D eigenvalue weighted by Gasteiger charge is -2.12. The molecule has 0 aromatic heterocycles. The number of nitriles is 1. The Morgan fingerprint density at radius 1 is 1.30 bits per heavy atom. The Hall–Kier alpha value is -2.67. The van der Waals surface area contributed by atoms with Crippen molar-refractivity contribution in [2.45, 2.75) is 20.3 Å². The molecule has 0 unspecified atom stereocenters. The van der Waals surface area contributed by atoms with Crippen LogP contribution in [-0.2, 0) is 6.42 Å². The van der Waals surface area contributed by atoms with Crippen molar-refractivity contribution in [3.8, 4) is 6.07 Å². The number of benzene rings is 2. The van der Waals surface area contributed by atoms with Crippen molar-refractivity contribution in [1.82, 2.24) is 4.90 Å². The summed E-state index contributed by atoms with van der Waals surface area (Å²) in [6.07, 6.45) is 2.28. The first kappa shape index (κ1) is 16.7. The lowest BCUT2D eigenvalue weighted by Crippen LogP contribution is -2.14. The Kier molecular flexibility index (Phi) is 5.48. The van der Waals surface area contributed by atoms with Crippen LogP contribution in [0.4, 0.5) is 10.1 Å². The topological polar surface area (TPSA) is 39.4 Å². The van der Waals surface area contributed by atoms with Crippen LogP contribution in [0.2, 0.25) is 0 Å². The molecule has 0 fully saturated rings. The molecule has 4 heteroatoms. The summed E-state index contributed by atoms with van der Waals surface area (Å²) in [7, 11) is 1.92. The highest BCUT2D eigenvalue weighted by Gasteiger charge is 2.08. The smallest absolute Gasteiger partial charge is 0.125 e. The molecular formula is C19H20FN3. The number of nitrogens with zero attached hydrogens (tertiary/aromatic N) is 3. The number of aliphatic imine (C=N–C) groups is 1. The summed E-state index contributed by atoms with van der Waals surface area (Å²) in [5.74, 6) is -0.298. The minimum Gasteiger partial charge on any atom is -0.366 e. The normalized spacial score (nSPS) is 10.7. The minimum absolute atomic E-state index is 0.298. The highest BCUT2D eigenvalue weighted by Crippen LogP contribution is 2.26. The first-order chi connectivity index (χ1) is 11.0. The van der Waals surface area contributed by atoms with Gasteiger partial charge in [0.05, 0.1) is 23.7 Å². The fourth-order valence-corrected chi connectivity index (χ4v) is 2.25. The van der Waals surface area contributed by atoms with Crippen LogP contribution in [0.5, 0.6) is 0 Å². The SMILES string of the molecule is CCN(C)/C=N\c1cc(F)cc(Cc2cccc(C#N)c2)c1C. The van der Waals surface area contributed by atoms with Crippen molar-refractivity contribution >= 4 is 12.0 Å². The van der Waals surface area contributed by atoms with Gasteiger partial charge in [-0.15, -0.1) is 0 Å². The summed E-state index contributed by atoms with van der Waals surface area (Å²) in [5, 5.41) is 8.98. The van der Waals surface area contributed by atoms with Crippen molar-refractivity contribution in [3.63, 3.8) is 0 Å². The second kappa shape index (κ2) is 7.55. The molecule has 2 aromatic rings. The average molecular weight is 309 g/mol. The maximum Gasteiger partial charge on any atom is 0.125 e. The van der Waals surface area contributed by atoms with E-state index in [2.05, 4.69) is 11.1 Å². The van der Waals surface area contributed by atoms with E-state index >= 15 is 0 Å². The molecule has 0 heterocycles. The quantitative estimate of drug-likeness (QED) is 0.613. The predicted octanol–water partition coefficient (Wildman–Crippen LogP) is 4.21. The van der Waals surface area contributed by atoms with Crippen LogP contribution in [0.25, 0.3) is 0 Å². The molecule has 3 nitrogen and oxygen atoms in total. The fraction of sp³-hybridized carbons (Fsp3) is 0.263. The molecule has 0 aliphatic carbocycles. The van der Waals surface area contributed by atoms with Crippen LogP contribution in [0, 0.1) is 24.1 Å². The molecule has 2 rings (SSSR count). The maximum atomic E-state index is 13.9. The van der Waals surface area contributed by atoms with Crippen molar-refractivity contribution in [1.29, 1.82) is 5.26 Å². The van der Waals surface area contributed by atoms with Crippen LogP contribution in [-0.4, -0.2) is 24.8 Å². The third-order valence-corrected chi connectivity index (χ3v) is 3.80. The van der Waals surface area contributed by atoms with Gasteiger partial charge in [0.2, 0.25) is 0 Å². The Morgan fingerprint density at radius 3 is 2.78 bits per heavy atom. The monoisotopic (exact) mass is 309 g/mol. The van der Waals surface area contributed by atoms with Crippen molar-refractivity contribution < 1.29 is 4.39 Å². The largest absolute Gasteiger partial charge is 0.366 e. The van der Waals surface area contributed by atoms with Crippen LogP contribution in [0.1, 0.15) is 29.2 Å². The van der Waals surface area contributed by atoms with E-state index in [9.17, 15) is 4.39 Å². The fourth-order valence-electron chi connectivity index (χ4n) is 2.25. The van der Waals surface area contributed by atoms with Gasteiger partial charge in [0.15, 0.2) is 0 Å². The Bertz CT molecular complexity index is 760. The molecule has 0 spiro atoms. The summed E-state index contributed by atoms with van der Waals surface area (Å²) in [4.78, 5) is 6.31. The van der Waals surface area contributed by atoms with Gasteiger partial charge in [0.25, 0.3) is 0 Å².